The number of carbonyl (C=O) groups is 2. The van der Waals surface area contributed by atoms with Gasteiger partial charge in [0, 0.05) is 31.2 Å². The van der Waals surface area contributed by atoms with Crippen molar-refractivity contribution in [3.8, 4) is 0 Å². The van der Waals surface area contributed by atoms with Gasteiger partial charge in [-0.15, -0.1) is 12.4 Å². The molecule has 0 bridgehead atoms. The highest BCUT2D eigenvalue weighted by atomic mass is 35.5. The average Bonchev–Trinajstić information content (AvgIpc) is 2.95. The average molecular weight is 354 g/mol. The lowest BCUT2D eigenvalue weighted by atomic mass is 10.1. The van der Waals surface area contributed by atoms with Crippen molar-refractivity contribution in [1.29, 1.82) is 0 Å². The molecular weight excluding hydrogens is 326 g/mol. The summed E-state index contributed by atoms with van der Waals surface area (Å²) in [6, 6.07) is 8.30. The van der Waals surface area contributed by atoms with Crippen molar-refractivity contribution in [1.82, 2.24) is 10.6 Å². The zero-order valence-corrected chi connectivity index (χ0v) is 15.5. The van der Waals surface area contributed by atoms with Gasteiger partial charge in [0.1, 0.15) is 0 Å². The van der Waals surface area contributed by atoms with Gasteiger partial charge >= 0.3 is 0 Å². The fourth-order valence-corrected chi connectivity index (χ4v) is 2.76. The van der Waals surface area contributed by atoms with E-state index in [0.29, 0.717) is 13.1 Å². The standard InChI is InChI=1S/C18H27N3O2.ClH/c1-4-5-14-6-8-16(9-7-14)21-12-15(10-17(21)22)18(23)20-11-13(2)19-3;/h6-9,13,15,19H,4-5,10-12H2,1-3H3,(H,20,23);1H. The molecule has 5 nitrogen and oxygen atoms in total. The number of benzene rings is 1. The molecule has 1 saturated heterocycles. The van der Waals surface area contributed by atoms with Crippen molar-refractivity contribution >= 4 is 29.9 Å². The van der Waals surface area contributed by atoms with Crippen molar-refractivity contribution in [2.24, 2.45) is 5.92 Å². The Balaban J connectivity index is 0.00000288. The monoisotopic (exact) mass is 353 g/mol. The third-order valence-electron chi connectivity index (χ3n) is 4.36. The molecule has 0 radical (unpaired) electrons. The fourth-order valence-electron chi connectivity index (χ4n) is 2.76. The summed E-state index contributed by atoms with van der Waals surface area (Å²) in [4.78, 5) is 26.2. The van der Waals surface area contributed by atoms with E-state index in [2.05, 4.69) is 29.7 Å². The first-order valence-electron chi connectivity index (χ1n) is 8.39. The molecule has 134 valence electrons. The highest BCUT2D eigenvalue weighted by molar-refractivity contribution is 6.00. The van der Waals surface area contributed by atoms with Gasteiger partial charge < -0.3 is 15.5 Å². The molecule has 0 spiro atoms. The summed E-state index contributed by atoms with van der Waals surface area (Å²) < 4.78 is 0. The first-order valence-corrected chi connectivity index (χ1v) is 8.39. The Labute approximate surface area is 150 Å². The molecule has 1 aliphatic heterocycles. The van der Waals surface area contributed by atoms with Crippen LogP contribution in [0, 0.1) is 5.92 Å². The molecule has 2 atom stereocenters. The van der Waals surface area contributed by atoms with Gasteiger partial charge in [-0.2, -0.15) is 0 Å². The maximum Gasteiger partial charge on any atom is 0.227 e. The molecular formula is C18H28ClN3O2. The number of anilines is 1. The van der Waals surface area contributed by atoms with E-state index in [0.717, 1.165) is 18.5 Å². The SMILES string of the molecule is CCCc1ccc(N2CC(C(=O)NCC(C)NC)CC2=O)cc1.Cl. The van der Waals surface area contributed by atoms with Crippen LogP contribution in [0.2, 0.25) is 0 Å². The van der Waals surface area contributed by atoms with Crippen LogP contribution in [-0.2, 0) is 16.0 Å². The molecule has 1 aromatic rings. The first kappa shape index (κ1) is 20.5. The zero-order valence-electron chi connectivity index (χ0n) is 14.7. The van der Waals surface area contributed by atoms with E-state index in [1.54, 1.807) is 4.90 Å². The third kappa shape index (κ3) is 5.21. The molecule has 2 N–H and O–H groups in total. The number of nitrogens with one attached hydrogen (secondary N) is 2. The smallest absolute Gasteiger partial charge is 0.227 e. The van der Waals surface area contributed by atoms with Crippen LogP contribution < -0.4 is 15.5 Å². The van der Waals surface area contributed by atoms with E-state index in [4.69, 9.17) is 0 Å². The van der Waals surface area contributed by atoms with Gasteiger partial charge in [-0.05, 0) is 38.1 Å². The Morgan fingerprint density at radius 3 is 2.58 bits per heavy atom. The molecule has 1 fully saturated rings. The lowest BCUT2D eigenvalue weighted by molar-refractivity contribution is -0.126. The number of rotatable bonds is 7. The van der Waals surface area contributed by atoms with Crippen LogP contribution in [0.5, 0.6) is 0 Å². The molecule has 1 heterocycles. The fraction of sp³-hybridized carbons (Fsp3) is 0.556. The number of amides is 2. The van der Waals surface area contributed by atoms with Crippen LogP contribution in [0.3, 0.4) is 0 Å². The highest BCUT2D eigenvalue weighted by Crippen LogP contribution is 2.25. The van der Waals surface area contributed by atoms with Crippen molar-refractivity contribution in [2.75, 3.05) is 25.0 Å². The second kappa shape index (κ2) is 9.64. The van der Waals surface area contributed by atoms with E-state index >= 15 is 0 Å². The van der Waals surface area contributed by atoms with Gasteiger partial charge in [-0.3, -0.25) is 9.59 Å². The Kier molecular flexibility index (Phi) is 8.22. The summed E-state index contributed by atoms with van der Waals surface area (Å²) >= 11 is 0. The predicted molar refractivity (Wildman–Crippen MR) is 99.7 cm³/mol. The number of hydrogen-bond donors (Lipinski definition) is 2. The Morgan fingerprint density at radius 1 is 1.33 bits per heavy atom. The molecule has 2 rings (SSSR count). The number of halogens is 1. The third-order valence-corrected chi connectivity index (χ3v) is 4.36. The minimum atomic E-state index is -0.262. The molecule has 6 heteroatoms. The molecule has 24 heavy (non-hydrogen) atoms. The normalized spacial score (nSPS) is 18.2. The predicted octanol–water partition coefficient (Wildman–Crippen LogP) is 2.14. The van der Waals surface area contributed by atoms with Crippen LogP contribution in [-0.4, -0.2) is 38.0 Å². The molecule has 2 amide bonds. The lowest BCUT2D eigenvalue weighted by Gasteiger charge is -2.18. The Hall–Kier alpha value is -1.59. The zero-order chi connectivity index (χ0) is 16.8. The van der Waals surface area contributed by atoms with Crippen molar-refractivity contribution in [3.63, 3.8) is 0 Å². The van der Waals surface area contributed by atoms with Crippen LogP contribution in [0.25, 0.3) is 0 Å². The van der Waals surface area contributed by atoms with Gasteiger partial charge in [0.2, 0.25) is 11.8 Å². The van der Waals surface area contributed by atoms with Crippen molar-refractivity contribution in [2.45, 2.75) is 39.2 Å². The van der Waals surface area contributed by atoms with Gasteiger partial charge in [0.15, 0.2) is 0 Å². The summed E-state index contributed by atoms with van der Waals surface area (Å²) in [5.74, 6) is -0.275. The Bertz CT molecular complexity index is 548. The minimum absolute atomic E-state index is 0. The van der Waals surface area contributed by atoms with Crippen LogP contribution in [0.4, 0.5) is 5.69 Å². The van der Waals surface area contributed by atoms with E-state index in [1.165, 1.54) is 5.56 Å². The number of hydrogen-bond acceptors (Lipinski definition) is 3. The summed E-state index contributed by atoms with van der Waals surface area (Å²) in [7, 11) is 1.86. The number of carbonyl (C=O) groups excluding carboxylic acids is 2. The van der Waals surface area contributed by atoms with Gasteiger partial charge in [0.05, 0.1) is 5.92 Å². The second-order valence-electron chi connectivity index (χ2n) is 6.26. The van der Waals surface area contributed by atoms with Gasteiger partial charge in [-0.25, -0.2) is 0 Å². The maximum atomic E-state index is 12.2. The van der Waals surface area contributed by atoms with E-state index in [9.17, 15) is 9.59 Å². The van der Waals surface area contributed by atoms with Gasteiger partial charge in [0.25, 0.3) is 0 Å². The largest absolute Gasteiger partial charge is 0.354 e. The summed E-state index contributed by atoms with van der Waals surface area (Å²) in [5, 5.41) is 5.99. The second-order valence-corrected chi connectivity index (χ2v) is 6.26. The highest BCUT2D eigenvalue weighted by Gasteiger charge is 2.35. The van der Waals surface area contributed by atoms with Crippen molar-refractivity contribution in [3.05, 3.63) is 29.8 Å². The van der Waals surface area contributed by atoms with E-state index < -0.39 is 0 Å². The quantitative estimate of drug-likeness (QED) is 0.789. The maximum absolute atomic E-state index is 12.2. The van der Waals surface area contributed by atoms with Crippen LogP contribution in [0.15, 0.2) is 24.3 Å². The molecule has 0 saturated carbocycles. The van der Waals surface area contributed by atoms with Crippen LogP contribution >= 0.6 is 12.4 Å². The molecule has 1 aliphatic rings. The summed E-state index contributed by atoms with van der Waals surface area (Å²) in [5.41, 5.74) is 2.16. The topological polar surface area (TPSA) is 61.4 Å². The number of likely N-dealkylation sites (N-methyl/N-ethyl adjacent to an activating group) is 1. The van der Waals surface area contributed by atoms with Crippen LogP contribution in [0.1, 0.15) is 32.3 Å². The van der Waals surface area contributed by atoms with Crippen molar-refractivity contribution < 1.29 is 9.59 Å². The molecule has 0 aromatic heterocycles. The minimum Gasteiger partial charge on any atom is -0.354 e. The van der Waals surface area contributed by atoms with Gasteiger partial charge in [-0.1, -0.05) is 25.5 Å². The summed E-state index contributed by atoms with van der Waals surface area (Å²) in [6.07, 6.45) is 2.44. The first-order chi connectivity index (χ1) is 11.0. The number of aryl methyl sites for hydroxylation is 1. The number of nitrogens with zero attached hydrogens (tertiary/aromatic N) is 1. The molecule has 1 aromatic carbocycles. The van der Waals surface area contributed by atoms with E-state index in [1.807, 2.05) is 26.1 Å². The van der Waals surface area contributed by atoms with E-state index in [-0.39, 0.29) is 42.6 Å². The summed E-state index contributed by atoms with van der Waals surface area (Å²) in [6.45, 7) is 5.19. The molecule has 2 unspecified atom stereocenters. The Morgan fingerprint density at radius 2 is 2.00 bits per heavy atom. The lowest BCUT2D eigenvalue weighted by Crippen LogP contribution is -2.40. The molecule has 0 aliphatic carbocycles.